The molecule has 30 heavy (non-hydrogen) atoms. The van der Waals surface area contributed by atoms with E-state index in [1.54, 1.807) is 6.26 Å². The van der Waals surface area contributed by atoms with E-state index < -0.39 is 0 Å². The van der Waals surface area contributed by atoms with Crippen LogP contribution in [0.1, 0.15) is 43.4 Å². The summed E-state index contributed by atoms with van der Waals surface area (Å²) >= 11 is 0. The van der Waals surface area contributed by atoms with Gasteiger partial charge < -0.3 is 18.7 Å². The molecule has 6 nitrogen and oxygen atoms in total. The molecule has 2 aromatic heterocycles. The zero-order chi connectivity index (χ0) is 20.3. The summed E-state index contributed by atoms with van der Waals surface area (Å²) < 4.78 is 11.4. The Morgan fingerprint density at radius 3 is 2.53 bits per heavy atom. The maximum atomic E-state index is 13.1. The molecule has 5 rings (SSSR count). The van der Waals surface area contributed by atoms with Crippen LogP contribution in [0.15, 0.2) is 57.7 Å². The fourth-order valence-corrected chi connectivity index (χ4v) is 4.19. The first-order valence-electron chi connectivity index (χ1n) is 10.9. The van der Waals surface area contributed by atoms with Crippen molar-refractivity contribution in [1.82, 2.24) is 10.1 Å². The summed E-state index contributed by atoms with van der Waals surface area (Å²) in [6, 6.07) is 13.9. The Labute approximate surface area is 176 Å². The number of rotatable bonds is 7. The molecule has 0 unspecified atom stereocenters. The van der Waals surface area contributed by atoms with Crippen LogP contribution in [-0.4, -0.2) is 29.1 Å². The lowest BCUT2D eigenvalue weighted by Gasteiger charge is -2.28. The molecule has 0 bridgehead atoms. The number of benzene rings is 1. The van der Waals surface area contributed by atoms with Crippen LogP contribution in [0.3, 0.4) is 0 Å². The molecule has 2 fully saturated rings. The number of carbonyl (C=O) groups excluding carboxylic acids is 1. The Bertz CT molecular complexity index is 971. The van der Waals surface area contributed by atoms with Crippen LogP contribution in [0.25, 0.3) is 11.3 Å². The second kappa shape index (κ2) is 8.38. The van der Waals surface area contributed by atoms with E-state index in [1.807, 2.05) is 47.4 Å². The molecule has 0 radical (unpaired) electrons. The highest BCUT2D eigenvalue weighted by Gasteiger charge is 2.35. The molecule has 0 spiro atoms. The number of hydrogen-bond acceptors (Lipinski definition) is 5. The van der Waals surface area contributed by atoms with E-state index in [0.29, 0.717) is 13.1 Å². The molecule has 3 aromatic rings. The fraction of sp³-hybridized carbons (Fsp3) is 0.417. The first-order chi connectivity index (χ1) is 14.8. The van der Waals surface area contributed by atoms with E-state index >= 15 is 0 Å². The Morgan fingerprint density at radius 1 is 1.03 bits per heavy atom. The summed E-state index contributed by atoms with van der Waals surface area (Å²) in [7, 11) is 0. The average Bonchev–Trinajstić information content (AvgIpc) is 3.36. The van der Waals surface area contributed by atoms with Crippen molar-refractivity contribution in [3.63, 3.8) is 0 Å². The molecule has 6 heteroatoms. The third-order valence-electron chi connectivity index (χ3n) is 5.97. The van der Waals surface area contributed by atoms with Gasteiger partial charge in [-0.15, -0.1) is 0 Å². The van der Waals surface area contributed by atoms with Crippen molar-refractivity contribution in [2.75, 3.05) is 18.0 Å². The minimum Gasteiger partial charge on any atom is -0.467 e. The van der Waals surface area contributed by atoms with Crippen molar-refractivity contribution in [3.05, 3.63) is 60.1 Å². The number of amides is 1. The number of furan rings is 1. The SMILES string of the molecule is O=C(C1CC1)N(Cc1ccco1)Cc1c(-c2ccccc2)noc1N1CCCCC1. The van der Waals surface area contributed by atoms with Crippen LogP contribution < -0.4 is 4.90 Å². The molecule has 156 valence electrons. The van der Waals surface area contributed by atoms with Gasteiger partial charge in [0.1, 0.15) is 11.5 Å². The lowest BCUT2D eigenvalue weighted by Crippen LogP contribution is -2.33. The lowest BCUT2D eigenvalue weighted by atomic mass is 10.1. The second-order valence-electron chi connectivity index (χ2n) is 8.28. The van der Waals surface area contributed by atoms with Gasteiger partial charge in [-0.1, -0.05) is 35.5 Å². The van der Waals surface area contributed by atoms with Crippen molar-refractivity contribution in [1.29, 1.82) is 0 Å². The predicted molar refractivity (Wildman–Crippen MR) is 114 cm³/mol. The molecule has 1 amide bonds. The maximum Gasteiger partial charge on any atom is 0.232 e. The van der Waals surface area contributed by atoms with Gasteiger partial charge in [0.25, 0.3) is 0 Å². The third kappa shape index (κ3) is 3.99. The van der Waals surface area contributed by atoms with Crippen LogP contribution in [0, 0.1) is 5.92 Å². The molecule has 3 heterocycles. The average molecular weight is 405 g/mol. The molecule has 0 atom stereocenters. The van der Waals surface area contributed by atoms with E-state index in [4.69, 9.17) is 8.94 Å². The summed E-state index contributed by atoms with van der Waals surface area (Å²) in [4.78, 5) is 17.3. The zero-order valence-electron chi connectivity index (χ0n) is 17.1. The minimum atomic E-state index is 0.137. The van der Waals surface area contributed by atoms with Gasteiger partial charge in [0, 0.05) is 24.6 Å². The number of piperidine rings is 1. The summed E-state index contributed by atoms with van der Waals surface area (Å²) in [6.45, 7) is 2.85. The number of nitrogens with zero attached hydrogens (tertiary/aromatic N) is 3. The smallest absolute Gasteiger partial charge is 0.232 e. The molecule has 1 aliphatic carbocycles. The number of aromatic nitrogens is 1. The van der Waals surface area contributed by atoms with Crippen LogP contribution in [0.4, 0.5) is 5.88 Å². The quantitative estimate of drug-likeness (QED) is 0.561. The molecule has 1 aliphatic heterocycles. The Balaban J connectivity index is 1.50. The van der Waals surface area contributed by atoms with Gasteiger partial charge >= 0.3 is 0 Å². The lowest BCUT2D eigenvalue weighted by molar-refractivity contribution is -0.134. The highest BCUT2D eigenvalue weighted by molar-refractivity contribution is 5.81. The van der Waals surface area contributed by atoms with Crippen molar-refractivity contribution in [2.24, 2.45) is 5.92 Å². The van der Waals surface area contributed by atoms with E-state index in [2.05, 4.69) is 10.1 Å². The normalized spacial score (nSPS) is 16.6. The van der Waals surface area contributed by atoms with Crippen molar-refractivity contribution in [2.45, 2.75) is 45.2 Å². The highest BCUT2D eigenvalue weighted by atomic mass is 16.5. The van der Waals surface area contributed by atoms with Gasteiger partial charge in [-0.3, -0.25) is 4.79 Å². The Kier molecular flexibility index (Phi) is 5.30. The van der Waals surface area contributed by atoms with Gasteiger partial charge in [-0.25, -0.2) is 0 Å². The summed E-state index contributed by atoms with van der Waals surface area (Å²) in [5.41, 5.74) is 2.82. The van der Waals surface area contributed by atoms with Gasteiger partial charge in [0.2, 0.25) is 11.8 Å². The van der Waals surface area contributed by atoms with Gasteiger partial charge in [0.05, 0.1) is 24.9 Å². The standard InChI is InChI=1S/C24H27N3O3/c28-23(19-11-12-19)27(16-20-10-7-15-29-20)17-21-22(18-8-3-1-4-9-18)25-30-24(21)26-13-5-2-6-14-26/h1,3-4,7-10,15,19H,2,5-6,11-14,16-17H2. The Hall–Kier alpha value is -3.02. The number of hydrogen-bond donors (Lipinski definition) is 0. The largest absolute Gasteiger partial charge is 0.467 e. The van der Waals surface area contributed by atoms with Crippen molar-refractivity contribution >= 4 is 11.8 Å². The maximum absolute atomic E-state index is 13.1. The molecule has 1 saturated carbocycles. The zero-order valence-corrected chi connectivity index (χ0v) is 17.1. The van der Waals surface area contributed by atoms with Crippen molar-refractivity contribution in [3.8, 4) is 11.3 Å². The van der Waals surface area contributed by atoms with Gasteiger partial charge in [0.15, 0.2) is 0 Å². The second-order valence-corrected chi connectivity index (χ2v) is 8.28. The summed E-state index contributed by atoms with van der Waals surface area (Å²) in [5, 5.41) is 4.45. The van der Waals surface area contributed by atoms with Crippen LogP contribution >= 0.6 is 0 Å². The highest BCUT2D eigenvalue weighted by Crippen LogP contribution is 2.36. The summed E-state index contributed by atoms with van der Waals surface area (Å²) in [6.07, 6.45) is 7.15. The minimum absolute atomic E-state index is 0.137. The van der Waals surface area contributed by atoms with E-state index in [1.165, 1.54) is 6.42 Å². The fourth-order valence-electron chi connectivity index (χ4n) is 4.19. The monoisotopic (exact) mass is 405 g/mol. The first kappa shape index (κ1) is 19.0. The van der Waals surface area contributed by atoms with E-state index in [9.17, 15) is 4.79 Å². The first-order valence-corrected chi connectivity index (χ1v) is 10.9. The summed E-state index contributed by atoms with van der Waals surface area (Å²) in [5.74, 6) is 1.93. The van der Waals surface area contributed by atoms with Crippen LogP contribution in [-0.2, 0) is 17.9 Å². The Morgan fingerprint density at radius 2 is 1.83 bits per heavy atom. The number of carbonyl (C=O) groups is 1. The molecular weight excluding hydrogens is 378 g/mol. The molecule has 2 aliphatic rings. The van der Waals surface area contributed by atoms with E-state index in [0.717, 1.165) is 67.2 Å². The molecular formula is C24H27N3O3. The molecule has 0 N–H and O–H groups in total. The van der Waals surface area contributed by atoms with Crippen LogP contribution in [0.5, 0.6) is 0 Å². The topological polar surface area (TPSA) is 62.7 Å². The van der Waals surface area contributed by atoms with Gasteiger partial charge in [-0.2, -0.15) is 0 Å². The van der Waals surface area contributed by atoms with Gasteiger partial charge in [-0.05, 0) is 44.2 Å². The number of anilines is 1. The predicted octanol–water partition coefficient (Wildman–Crippen LogP) is 4.86. The van der Waals surface area contributed by atoms with Crippen molar-refractivity contribution < 1.29 is 13.7 Å². The molecule has 1 aromatic carbocycles. The van der Waals surface area contributed by atoms with Crippen LogP contribution in [0.2, 0.25) is 0 Å². The van der Waals surface area contributed by atoms with E-state index in [-0.39, 0.29) is 11.8 Å². The third-order valence-corrected chi connectivity index (χ3v) is 5.97. The molecule has 1 saturated heterocycles.